The molecule has 0 fully saturated rings. The predicted molar refractivity (Wildman–Crippen MR) is 133 cm³/mol. The largest absolute Gasteiger partial charge is 0.483 e. The summed E-state index contributed by atoms with van der Waals surface area (Å²) >= 11 is 9.34. The van der Waals surface area contributed by atoms with Crippen LogP contribution in [0.15, 0.2) is 71.7 Å². The van der Waals surface area contributed by atoms with Gasteiger partial charge in [0, 0.05) is 28.3 Å². The Morgan fingerprint density at radius 1 is 1.22 bits per heavy atom. The summed E-state index contributed by atoms with van der Waals surface area (Å²) in [5.41, 5.74) is 3.40. The molecule has 32 heavy (non-hydrogen) atoms. The predicted octanol–water partition coefficient (Wildman–Crippen LogP) is 6.98. The molecule has 0 aliphatic heterocycles. The number of aryl methyl sites for hydroxylation is 1. The van der Waals surface area contributed by atoms with Crippen LogP contribution < -0.4 is 4.74 Å². The first kappa shape index (κ1) is 22.6. The third kappa shape index (κ3) is 5.41. The summed E-state index contributed by atoms with van der Waals surface area (Å²) in [6.07, 6.45) is 1.55. The molecular formula is C24H23ClN4OS2. The molecule has 2 aromatic heterocycles. The zero-order valence-corrected chi connectivity index (χ0v) is 20.3. The molecule has 2 heterocycles. The number of thiazole rings is 1. The Bertz CT molecular complexity index is 1200. The van der Waals surface area contributed by atoms with Crippen LogP contribution in [0.25, 0.3) is 10.6 Å². The van der Waals surface area contributed by atoms with E-state index in [1.807, 2.05) is 35.8 Å². The van der Waals surface area contributed by atoms with Crippen molar-refractivity contribution in [2.75, 3.05) is 0 Å². The van der Waals surface area contributed by atoms with Crippen molar-refractivity contribution in [1.82, 2.24) is 19.7 Å². The van der Waals surface area contributed by atoms with E-state index in [4.69, 9.17) is 21.3 Å². The molecule has 0 bridgehead atoms. The molecule has 1 unspecified atom stereocenters. The summed E-state index contributed by atoms with van der Waals surface area (Å²) in [5.74, 6) is 2.14. The van der Waals surface area contributed by atoms with E-state index in [1.165, 1.54) is 5.56 Å². The van der Waals surface area contributed by atoms with E-state index in [-0.39, 0.29) is 6.10 Å². The topological polar surface area (TPSA) is 52.8 Å². The molecule has 0 saturated carbocycles. The van der Waals surface area contributed by atoms with Crippen molar-refractivity contribution < 1.29 is 4.74 Å². The van der Waals surface area contributed by atoms with E-state index in [9.17, 15) is 0 Å². The minimum atomic E-state index is -0.289. The fourth-order valence-electron chi connectivity index (χ4n) is 3.15. The minimum Gasteiger partial charge on any atom is -0.483 e. The number of allylic oxidation sites excluding steroid dienone is 1. The third-order valence-electron chi connectivity index (χ3n) is 4.73. The summed E-state index contributed by atoms with van der Waals surface area (Å²) < 4.78 is 8.07. The SMILES string of the molecule is C=CCn1c(SCc2csc(-c3ccc(C)cc3)n2)nnc1C(C)Oc1cccc(Cl)c1. The van der Waals surface area contributed by atoms with Gasteiger partial charge < -0.3 is 4.74 Å². The van der Waals surface area contributed by atoms with E-state index in [2.05, 4.69) is 53.3 Å². The first-order valence-electron chi connectivity index (χ1n) is 10.1. The molecule has 5 nitrogen and oxygen atoms in total. The van der Waals surface area contributed by atoms with Gasteiger partial charge in [-0.25, -0.2) is 4.98 Å². The van der Waals surface area contributed by atoms with Crippen LogP contribution in [-0.2, 0) is 12.3 Å². The monoisotopic (exact) mass is 482 g/mol. The molecule has 0 N–H and O–H groups in total. The lowest BCUT2D eigenvalue weighted by molar-refractivity contribution is 0.210. The third-order valence-corrected chi connectivity index (χ3v) is 6.90. The van der Waals surface area contributed by atoms with Gasteiger partial charge in [0.05, 0.1) is 5.69 Å². The molecule has 8 heteroatoms. The molecule has 0 radical (unpaired) electrons. The Hall–Kier alpha value is -2.61. The molecule has 0 aliphatic carbocycles. The van der Waals surface area contributed by atoms with Crippen molar-refractivity contribution in [2.24, 2.45) is 0 Å². The van der Waals surface area contributed by atoms with Crippen LogP contribution in [0.4, 0.5) is 0 Å². The molecule has 0 aliphatic rings. The van der Waals surface area contributed by atoms with Crippen molar-refractivity contribution in [1.29, 1.82) is 0 Å². The molecular weight excluding hydrogens is 460 g/mol. The van der Waals surface area contributed by atoms with Crippen LogP contribution in [0.5, 0.6) is 5.75 Å². The van der Waals surface area contributed by atoms with Crippen LogP contribution in [0.3, 0.4) is 0 Å². The second-order valence-electron chi connectivity index (χ2n) is 7.26. The van der Waals surface area contributed by atoms with Gasteiger partial charge in [-0.05, 0) is 32.0 Å². The second-order valence-corrected chi connectivity index (χ2v) is 9.49. The molecule has 0 spiro atoms. The van der Waals surface area contributed by atoms with Gasteiger partial charge in [0.1, 0.15) is 10.8 Å². The van der Waals surface area contributed by atoms with Crippen LogP contribution in [0.1, 0.15) is 30.1 Å². The number of rotatable bonds is 9. The standard InChI is InChI=1S/C24H23ClN4OS2/c1-4-12-29-22(17(3)30-21-7-5-6-19(25)13-21)27-28-24(29)32-15-20-14-31-23(26-20)18-10-8-16(2)9-11-18/h4-11,13-14,17H,1,12,15H2,2-3H3. The number of hydrogen-bond acceptors (Lipinski definition) is 6. The lowest BCUT2D eigenvalue weighted by Crippen LogP contribution is -2.12. The van der Waals surface area contributed by atoms with Crippen LogP contribution in [0.2, 0.25) is 5.02 Å². The normalized spacial score (nSPS) is 12.0. The van der Waals surface area contributed by atoms with Gasteiger partial charge in [-0.2, -0.15) is 0 Å². The van der Waals surface area contributed by atoms with E-state index >= 15 is 0 Å². The van der Waals surface area contributed by atoms with Crippen LogP contribution in [-0.4, -0.2) is 19.7 Å². The first-order valence-corrected chi connectivity index (χ1v) is 12.4. The fraction of sp³-hybridized carbons (Fsp3) is 0.208. The Kier molecular flexibility index (Phi) is 7.29. The number of hydrogen-bond donors (Lipinski definition) is 0. The van der Waals surface area contributed by atoms with Crippen molar-refractivity contribution in [3.05, 3.63) is 88.7 Å². The Morgan fingerprint density at radius 2 is 2.03 bits per heavy atom. The molecule has 0 saturated heterocycles. The number of aromatic nitrogens is 4. The number of benzene rings is 2. The maximum atomic E-state index is 6.07. The summed E-state index contributed by atoms with van der Waals surface area (Å²) in [6.45, 7) is 8.51. The van der Waals surface area contributed by atoms with Gasteiger partial charge in [0.25, 0.3) is 0 Å². The molecule has 1 atom stereocenters. The van der Waals surface area contributed by atoms with Gasteiger partial charge in [-0.3, -0.25) is 4.57 Å². The zero-order valence-electron chi connectivity index (χ0n) is 17.9. The van der Waals surface area contributed by atoms with E-state index in [1.54, 1.807) is 29.2 Å². The van der Waals surface area contributed by atoms with Crippen molar-refractivity contribution in [3.8, 4) is 16.3 Å². The highest BCUT2D eigenvalue weighted by atomic mass is 35.5. The number of thioether (sulfide) groups is 1. The smallest absolute Gasteiger partial charge is 0.192 e. The van der Waals surface area contributed by atoms with Crippen LogP contribution in [0, 0.1) is 6.92 Å². The van der Waals surface area contributed by atoms with E-state index in [0.29, 0.717) is 23.1 Å². The Labute approximate surface area is 201 Å². The molecule has 4 rings (SSSR count). The van der Waals surface area contributed by atoms with Crippen LogP contribution >= 0.6 is 34.7 Å². The van der Waals surface area contributed by atoms with Gasteiger partial charge >= 0.3 is 0 Å². The highest BCUT2D eigenvalue weighted by Gasteiger charge is 2.19. The highest BCUT2D eigenvalue weighted by molar-refractivity contribution is 7.98. The van der Waals surface area contributed by atoms with Gasteiger partial charge in [0.15, 0.2) is 17.1 Å². The molecule has 164 valence electrons. The number of ether oxygens (including phenoxy) is 1. The highest BCUT2D eigenvalue weighted by Crippen LogP contribution is 2.30. The second kappa shape index (κ2) is 10.3. The van der Waals surface area contributed by atoms with Crippen molar-refractivity contribution in [3.63, 3.8) is 0 Å². The number of halogens is 1. The Balaban J connectivity index is 1.46. The summed E-state index contributed by atoms with van der Waals surface area (Å²) in [5, 5.41) is 13.4. The lowest BCUT2D eigenvalue weighted by atomic mass is 10.2. The fourth-order valence-corrected chi connectivity index (χ4v) is 5.10. The molecule has 0 amide bonds. The van der Waals surface area contributed by atoms with E-state index < -0.39 is 0 Å². The lowest BCUT2D eigenvalue weighted by Gasteiger charge is -2.15. The summed E-state index contributed by atoms with van der Waals surface area (Å²) in [7, 11) is 0. The van der Waals surface area contributed by atoms with Gasteiger partial charge in [-0.15, -0.1) is 28.1 Å². The average Bonchev–Trinajstić information content (AvgIpc) is 3.40. The minimum absolute atomic E-state index is 0.289. The maximum Gasteiger partial charge on any atom is 0.192 e. The maximum absolute atomic E-state index is 6.07. The van der Waals surface area contributed by atoms with Gasteiger partial charge in [0.2, 0.25) is 0 Å². The Morgan fingerprint density at radius 3 is 2.78 bits per heavy atom. The zero-order chi connectivity index (χ0) is 22.5. The summed E-state index contributed by atoms with van der Waals surface area (Å²) in [6, 6.07) is 15.8. The first-order chi connectivity index (χ1) is 15.5. The number of nitrogens with zero attached hydrogens (tertiary/aromatic N) is 4. The van der Waals surface area contributed by atoms with Gasteiger partial charge in [-0.1, -0.05) is 65.3 Å². The molecule has 4 aromatic rings. The average molecular weight is 483 g/mol. The van der Waals surface area contributed by atoms with Crippen molar-refractivity contribution in [2.45, 2.75) is 37.4 Å². The molecule has 2 aromatic carbocycles. The quantitative estimate of drug-likeness (QED) is 0.190. The summed E-state index contributed by atoms with van der Waals surface area (Å²) in [4.78, 5) is 4.79. The van der Waals surface area contributed by atoms with Crippen molar-refractivity contribution >= 4 is 34.7 Å². The van der Waals surface area contributed by atoms with E-state index in [0.717, 1.165) is 27.2 Å².